The second-order valence-corrected chi connectivity index (χ2v) is 6.18. The predicted octanol–water partition coefficient (Wildman–Crippen LogP) is 2.58. The van der Waals surface area contributed by atoms with Gasteiger partial charge in [-0.3, -0.25) is 4.79 Å². The molecule has 1 amide bonds. The first-order chi connectivity index (χ1) is 10.6. The molecule has 0 aliphatic heterocycles. The average Bonchev–Trinajstić information content (AvgIpc) is 2.89. The highest BCUT2D eigenvalue weighted by Gasteiger charge is 2.22. The minimum Gasteiger partial charge on any atom is -0.378 e. The van der Waals surface area contributed by atoms with Gasteiger partial charge in [0.1, 0.15) is 0 Å². The fourth-order valence-corrected chi connectivity index (χ4v) is 3.04. The number of hydrogen-bond acceptors (Lipinski definition) is 2. The number of rotatable bonds is 4. The summed E-state index contributed by atoms with van der Waals surface area (Å²) in [6, 6.07) is 16.8. The molecule has 0 saturated carbocycles. The lowest BCUT2D eigenvalue weighted by Crippen LogP contribution is -2.36. The molecule has 0 saturated heterocycles. The zero-order valence-corrected chi connectivity index (χ0v) is 13.2. The van der Waals surface area contributed by atoms with E-state index >= 15 is 0 Å². The van der Waals surface area contributed by atoms with Crippen LogP contribution in [0.5, 0.6) is 0 Å². The normalized spacial score (nSPS) is 13.7. The molecule has 2 aromatic carbocycles. The number of nitrogens with zero attached hydrogens (tertiary/aromatic N) is 1. The maximum Gasteiger partial charge on any atom is 0.224 e. The summed E-state index contributed by atoms with van der Waals surface area (Å²) in [5.74, 6) is 0.107. The zero-order chi connectivity index (χ0) is 15.5. The smallest absolute Gasteiger partial charge is 0.224 e. The molecule has 0 bridgehead atoms. The van der Waals surface area contributed by atoms with Gasteiger partial charge in [-0.05, 0) is 41.7 Å². The Labute approximate surface area is 132 Å². The molecular formula is C19H22N2O. The Kier molecular flexibility index (Phi) is 4.14. The summed E-state index contributed by atoms with van der Waals surface area (Å²) in [6.07, 6.45) is 2.34. The second-order valence-electron chi connectivity index (χ2n) is 6.18. The summed E-state index contributed by atoms with van der Waals surface area (Å²) in [5.41, 5.74) is 4.93. The largest absolute Gasteiger partial charge is 0.378 e. The van der Waals surface area contributed by atoms with Gasteiger partial charge < -0.3 is 10.2 Å². The van der Waals surface area contributed by atoms with Gasteiger partial charge in [0.2, 0.25) is 5.91 Å². The van der Waals surface area contributed by atoms with Gasteiger partial charge in [-0.15, -0.1) is 0 Å². The van der Waals surface area contributed by atoms with Crippen LogP contribution in [-0.2, 0) is 24.1 Å². The number of carbonyl (C=O) groups is 1. The van der Waals surface area contributed by atoms with Crippen molar-refractivity contribution in [1.29, 1.82) is 0 Å². The van der Waals surface area contributed by atoms with Crippen molar-refractivity contribution in [2.45, 2.75) is 25.3 Å². The van der Waals surface area contributed by atoms with E-state index in [1.54, 1.807) is 0 Å². The highest BCUT2D eigenvalue weighted by Crippen LogP contribution is 2.21. The first-order valence-corrected chi connectivity index (χ1v) is 7.74. The first-order valence-electron chi connectivity index (χ1n) is 7.74. The molecule has 0 atom stereocenters. The molecule has 0 spiro atoms. The molecule has 1 aliphatic rings. The third-order valence-electron chi connectivity index (χ3n) is 4.23. The molecule has 22 heavy (non-hydrogen) atoms. The van der Waals surface area contributed by atoms with Crippen LogP contribution in [0.3, 0.4) is 0 Å². The minimum atomic E-state index is 0.107. The fraction of sp³-hybridized carbons (Fsp3) is 0.316. The van der Waals surface area contributed by atoms with Crippen LogP contribution >= 0.6 is 0 Å². The quantitative estimate of drug-likeness (QED) is 0.940. The van der Waals surface area contributed by atoms with Crippen molar-refractivity contribution in [3.63, 3.8) is 0 Å². The molecular weight excluding hydrogens is 272 g/mol. The minimum absolute atomic E-state index is 0.107. The van der Waals surface area contributed by atoms with Gasteiger partial charge in [0.15, 0.2) is 0 Å². The molecule has 0 unspecified atom stereocenters. The number of amides is 1. The Bertz CT molecular complexity index is 636. The van der Waals surface area contributed by atoms with Crippen molar-refractivity contribution < 1.29 is 4.79 Å². The van der Waals surface area contributed by atoms with Crippen molar-refractivity contribution >= 4 is 11.6 Å². The monoisotopic (exact) mass is 294 g/mol. The fourth-order valence-electron chi connectivity index (χ4n) is 3.04. The molecule has 0 heterocycles. The van der Waals surface area contributed by atoms with Crippen molar-refractivity contribution in [2.24, 2.45) is 0 Å². The van der Waals surface area contributed by atoms with Crippen LogP contribution in [-0.4, -0.2) is 26.0 Å². The molecule has 114 valence electrons. The Morgan fingerprint density at radius 1 is 1.05 bits per heavy atom. The molecule has 0 aromatic heterocycles. The number of fused-ring (bicyclic) bond motifs is 1. The lowest BCUT2D eigenvalue weighted by atomic mass is 10.1. The molecule has 3 rings (SSSR count). The van der Waals surface area contributed by atoms with Gasteiger partial charge in [-0.2, -0.15) is 0 Å². The van der Waals surface area contributed by atoms with E-state index < -0.39 is 0 Å². The molecule has 0 fully saturated rings. The van der Waals surface area contributed by atoms with Crippen LogP contribution < -0.4 is 10.2 Å². The molecule has 3 heteroatoms. The van der Waals surface area contributed by atoms with Crippen LogP contribution in [0.4, 0.5) is 5.69 Å². The number of anilines is 1. The molecule has 0 radical (unpaired) electrons. The molecule has 1 N–H and O–H groups in total. The highest BCUT2D eigenvalue weighted by molar-refractivity contribution is 5.79. The number of benzene rings is 2. The SMILES string of the molecule is CN(C)c1ccc(CC(=O)NC2Cc3ccccc3C2)cc1. The van der Waals surface area contributed by atoms with E-state index in [1.807, 2.05) is 38.4 Å². The number of nitrogens with one attached hydrogen (secondary N) is 1. The average molecular weight is 294 g/mol. The summed E-state index contributed by atoms with van der Waals surface area (Å²) in [4.78, 5) is 14.3. The van der Waals surface area contributed by atoms with Crippen molar-refractivity contribution in [1.82, 2.24) is 5.32 Å². The van der Waals surface area contributed by atoms with Crippen LogP contribution in [0.2, 0.25) is 0 Å². The highest BCUT2D eigenvalue weighted by atomic mass is 16.1. The van der Waals surface area contributed by atoms with Crippen LogP contribution in [0, 0.1) is 0 Å². The summed E-state index contributed by atoms with van der Waals surface area (Å²) < 4.78 is 0. The summed E-state index contributed by atoms with van der Waals surface area (Å²) in [7, 11) is 4.03. The van der Waals surface area contributed by atoms with E-state index in [0.717, 1.165) is 24.1 Å². The summed E-state index contributed by atoms with van der Waals surface area (Å²) in [6.45, 7) is 0. The van der Waals surface area contributed by atoms with Crippen molar-refractivity contribution in [3.8, 4) is 0 Å². The Balaban J connectivity index is 1.55. The predicted molar refractivity (Wildman–Crippen MR) is 90.3 cm³/mol. The Morgan fingerprint density at radius 3 is 2.18 bits per heavy atom. The lowest BCUT2D eigenvalue weighted by Gasteiger charge is -2.14. The summed E-state index contributed by atoms with van der Waals surface area (Å²) >= 11 is 0. The van der Waals surface area contributed by atoms with Gasteiger partial charge in [0.25, 0.3) is 0 Å². The maximum atomic E-state index is 12.2. The van der Waals surface area contributed by atoms with Gasteiger partial charge in [-0.1, -0.05) is 36.4 Å². The van der Waals surface area contributed by atoms with Crippen molar-refractivity contribution in [2.75, 3.05) is 19.0 Å². The second kappa shape index (κ2) is 6.22. The van der Waals surface area contributed by atoms with E-state index in [2.05, 4.69) is 34.5 Å². The zero-order valence-electron chi connectivity index (χ0n) is 13.2. The first kappa shape index (κ1) is 14.6. The molecule has 1 aliphatic carbocycles. The standard InChI is InChI=1S/C19H22N2O/c1-21(2)18-9-7-14(8-10-18)11-19(22)20-17-12-15-5-3-4-6-16(15)13-17/h3-10,17H,11-13H2,1-2H3,(H,20,22). The van der Waals surface area contributed by atoms with Gasteiger partial charge in [-0.25, -0.2) is 0 Å². The molecule has 3 nitrogen and oxygen atoms in total. The third kappa shape index (κ3) is 3.30. The Hall–Kier alpha value is -2.29. The molecule has 2 aromatic rings. The van der Waals surface area contributed by atoms with Gasteiger partial charge in [0.05, 0.1) is 6.42 Å². The Morgan fingerprint density at radius 2 is 1.64 bits per heavy atom. The lowest BCUT2D eigenvalue weighted by molar-refractivity contribution is -0.121. The summed E-state index contributed by atoms with van der Waals surface area (Å²) in [5, 5.41) is 3.16. The number of carbonyl (C=O) groups excluding carboxylic acids is 1. The van der Waals surface area contributed by atoms with Gasteiger partial charge >= 0.3 is 0 Å². The van der Waals surface area contributed by atoms with Crippen LogP contribution in [0.25, 0.3) is 0 Å². The van der Waals surface area contributed by atoms with E-state index in [0.29, 0.717) is 6.42 Å². The topological polar surface area (TPSA) is 32.3 Å². The van der Waals surface area contributed by atoms with Crippen LogP contribution in [0.1, 0.15) is 16.7 Å². The third-order valence-corrected chi connectivity index (χ3v) is 4.23. The number of hydrogen-bond donors (Lipinski definition) is 1. The van der Waals surface area contributed by atoms with E-state index in [1.165, 1.54) is 11.1 Å². The maximum absolute atomic E-state index is 12.2. The van der Waals surface area contributed by atoms with E-state index in [9.17, 15) is 4.79 Å². The van der Waals surface area contributed by atoms with Crippen LogP contribution in [0.15, 0.2) is 48.5 Å². The van der Waals surface area contributed by atoms with Crippen molar-refractivity contribution in [3.05, 3.63) is 65.2 Å². The van der Waals surface area contributed by atoms with E-state index in [-0.39, 0.29) is 11.9 Å². The van der Waals surface area contributed by atoms with Gasteiger partial charge in [0, 0.05) is 25.8 Å². The van der Waals surface area contributed by atoms with E-state index in [4.69, 9.17) is 0 Å².